The Kier molecular flexibility index (Phi) is 4.94. The van der Waals surface area contributed by atoms with Crippen LogP contribution in [0.2, 0.25) is 0 Å². The highest BCUT2D eigenvalue weighted by Gasteiger charge is 2.24. The van der Waals surface area contributed by atoms with E-state index in [4.69, 9.17) is 5.26 Å². The fraction of sp³-hybridized carbons (Fsp3) is 0.333. The number of amides is 1. The van der Waals surface area contributed by atoms with Crippen molar-refractivity contribution < 1.29 is 14.1 Å². The number of benzene rings is 1. The first-order valence-electron chi connectivity index (χ1n) is 5.61. The Balaban J connectivity index is 3.13. The van der Waals surface area contributed by atoms with Gasteiger partial charge in [0, 0.05) is 19.2 Å². The second-order valence-corrected chi connectivity index (χ2v) is 3.71. The second kappa shape index (κ2) is 6.44. The molecule has 0 N–H and O–H groups in total. The minimum atomic E-state index is -0.731. The zero-order chi connectivity index (χ0) is 14.4. The van der Waals surface area contributed by atoms with Crippen LogP contribution in [0.1, 0.15) is 23.7 Å². The Morgan fingerprint density at radius 3 is 2.79 bits per heavy atom. The molecule has 100 valence electrons. The molecule has 0 aliphatic carbocycles. The van der Waals surface area contributed by atoms with E-state index in [9.17, 15) is 19.3 Å². The Morgan fingerprint density at radius 1 is 1.58 bits per heavy atom. The fourth-order valence-electron chi connectivity index (χ4n) is 1.60. The average molecular weight is 265 g/mol. The highest BCUT2D eigenvalue weighted by atomic mass is 19.1. The molecule has 1 amide bonds. The minimum Gasteiger partial charge on any atom is -0.338 e. The van der Waals surface area contributed by atoms with Gasteiger partial charge in [-0.3, -0.25) is 14.9 Å². The van der Waals surface area contributed by atoms with Crippen LogP contribution in [0.4, 0.5) is 10.1 Å². The minimum absolute atomic E-state index is 0.114. The largest absolute Gasteiger partial charge is 0.338 e. The standard InChI is InChI=1S/C12H12FN3O3/c1-2-15(7-3-6-14)12(17)10-8-9(13)4-5-11(10)16(18)19/h4-5,8H,2-3,7H2,1H3. The lowest BCUT2D eigenvalue weighted by atomic mass is 10.1. The summed E-state index contributed by atoms with van der Waals surface area (Å²) in [5.41, 5.74) is -0.744. The monoisotopic (exact) mass is 265 g/mol. The maximum Gasteiger partial charge on any atom is 0.282 e. The van der Waals surface area contributed by atoms with Crippen molar-refractivity contribution in [3.05, 3.63) is 39.7 Å². The van der Waals surface area contributed by atoms with E-state index in [-0.39, 0.29) is 25.1 Å². The van der Waals surface area contributed by atoms with E-state index in [0.717, 1.165) is 18.2 Å². The van der Waals surface area contributed by atoms with E-state index >= 15 is 0 Å². The number of nitro groups is 1. The van der Waals surface area contributed by atoms with Crippen molar-refractivity contribution in [2.75, 3.05) is 13.1 Å². The Morgan fingerprint density at radius 2 is 2.26 bits per heavy atom. The number of nitriles is 1. The lowest BCUT2D eigenvalue weighted by molar-refractivity contribution is -0.385. The summed E-state index contributed by atoms with van der Waals surface area (Å²) in [6.07, 6.45) is 0.114. The van der Waals surface area contributed by atoms with Gasteiger partial charge in [0.1, 0.15) is 11.4 Å². The predicted molar refractivity (Wildman–Crippen MR) is 64.9 cm³/mol. The molecule has 0 fully saturated rings. The first-order chi connectivity index (χ1) is 9.01. The molecule has 0 radical (unpaired) electrons. The molecule has 0 atom stereocenters. The van der Waals surface area contributed by atoms with Crippen molar-refractivity contribution in [2.24, 2.45) is 0 Å². The molecule has 0 spiro atoms. The van der Waals surface area contributed by atoms with E-state index in [1.165, 1.54) is 4.90 Å². The van der Waals surface area contributed by atoms with Gasteiger partial charge in [0.25, 0.3) is 11.6 Å². The normalized spacial score (nSPS) is 9.74. The molecule has 6 nitrogen and oxygen atoms in total. The van der Waals surface area contributed by atoms with E-state index < -0.39 is 22.3 Å². The van der Waals surface area contributed by atoms with Crippen molar-refractivity contribution in [2.45, 2.75) is 13.3 Å². The third-order valence-corrected chi connectivity index (χ3v) is 2.55. The van der Waals surface area contributed by atoms with Crippen LogP contribution < -0.4 is 0 Å². The van der Waals surface area contributed by atoms with Gasteiger partial charge in [-0.1, -0.05) is 0 Å². The number of carbonyl (C=O) groups excluding carboxylic acids is 1. The van der Waals surface area contributed by atoms with Crippen molar-refractivity contribution in [3.8, 4) is 6.07 Å². The molecule has 19 heavy (non-hydrogen) atoms. The zero-order valence-electron chi connectivity index (χ0n) is 10.3. The predicted octanol–water partition coefficient (Wildman–Crippen LogP) is 2.11. The molecule has 0 aliphatic heterocycles. The molecule has 7 heteroatoms. The average Bonchev–Trinajstić information content (AvgIpc) is 2.38. The number of hydrogen-bond acceptors (Lipinski definition) is 4. The van der Waals surface area contributed by atoms with Gasteiger partial charge < -0.3 is 4.90 Å². The summed E-state index contributed by atoms with van der Waals surface area (Å²) in [5, 5.41) is 19.3. The summed E-state index contributed by atoms with van der Waals surface area (Å²) >= 11 is 0. The maximum absolute atomic E-state index is 13.1. The van der Waals surface area contributed by atoms with Crippen LogP contribution in [-0.4, -0.2) is 28.8 Å². The van der Waals surface area contributed by atoms with Crippen molar-refractivity contribution in [1.29, 1.82) is 5.26 Å². The van der Waals surface area contributed by atoms with E-state index in [1.54, 1.807) is 6.92 Å². The van der Waals surface area contributed by atoms with Gasteiger partial charge in [0.15, 0.2) is 0 Å². The van der Waals surface area contributed by atoms with Gasteiger partial charge in [0.05, 0.1) is 17.4 Å². The van der Waals surface area contributed by atoms with Crippen molar-refractivity contribution in [1.82, 2.24) is 4.90 Å². The Labute approximate surface area is 109 Å². The molecule has 1 aromatic rings. The molecule has 0 saturated carbocycles. The first-order valence-corrected chi connectivity index (χ1v) is 5.61. The summed E-state index contributed by atoms with van der Waals surface area (Å²) in [7, 11) is 0. The van der Waals surface area contributed by atoms with Crippen molar-refractivity contribution in [3.63, 3.8) is 0 Å². The number of halogens is 1. The van der Waals surface area contributed by atoms with Crippen LogP contribution >= 0.6 is 0 Å². The van der Waals surface area contributed by atoms with Crippen LogP contribution in [0, 0.1) is 27.3 Å². The SMILES string of the molecule is CCN(CCC#N)C(=O)c1cc(F)ccc1[N+](=O)[O-]. The van der Waals surface area contributed by atoms with Crippen molar-refractivity contribution >= 4 is 11.6 Å². The number of hydrogen-bond donors (Lipinski definition) is 0. The highest BCUT2D eigenvalue weighted by molar-refractivity contribution is 5.98. The lowest BCUT2D eigenvalue weighted by Crippen LogP contribution is -2.32. The molecule has 1 rings (SSSR count). The smallest absolute Gasteiger partial charge is 0.282 e. The quantitative estimate of drug-likeness (QED) is 0.602. The summed E-state index contributed by atoms with van der Waals surface area (Å²) in [4.78, 5) is 23.5. The second-order valence-electron chi connectivity index (χ2n) is 3.71. The molecular weight excluding hydrogens is 253 g/mol. The highest BCUT2D eigenvalue weighted by Crippen LogP contribution is 2.21. The summed E-state index contributed by atoms with van der Waals surface area (Å²) < 4.78 is 13.1. The molecule has 0 heterocycles. The molecule has 0 aromatic heterocycles. The number of nitrogens with zero attached hydrogens (tertiary/aromatic N) is 3. The van der Waals surface area contributed by atoms with Gasteiger partial charge in [-0.2, -0.15) is 5.26 Å². The van der Waals surface area contributed by atoms with E-state index in [2.05, 4.69) is 0 Å². The van der Waals surface area contributed by atoms with Gasteiger partial charge in [-0.15, -0.1) is 0 Å². The lowest BCUT2D eigenvalue weighted by Gasteiger charge is -2.19. The zero-order valence-corrected chi connectivity index (χ0v) is 10.3. The fourth-order valence-corrected chi connectivity index (χ4v) is 1.60. The number of nitro benzene ring substituents is 1. The van der Waals surface area contributed by atoms with Gasteiger partial charge in [0.2, 0.25) is 0 Å². The van der Waals surface area contributed by atoms with E-state index in [1.807, 2.05) is 6.07 Å². The third-order valence-electron chi connectivity index (χ3n) is 2.55. The molecule has 0 unspecified atom stereocenters. The molecule has 0 bridgehead atoms. The third kappa shape index (κ3) is 3.48. The molecule has 0 saturated heterocycles. The van der Waals surface area contributed by atoms with Crippen LogP contribution in [0.15, 0.2) is 18.2 Å². The summed E-state index contributed by atoms with van der Waals surface area (Å²) in [6.45, 7) is 2.12. The Hall–Kier alpha value is -2.49. The Bertz CT molecular complexity index is 540. The van der Waals surface area contributed by atoms with Crippen LogP contribution in [0.25, 0.3) is 0 Å². The van der Waals surface area contributed by atoms with Gasteiger partial charge in [-0.05, 0) is 19.1 Å². The van der Waals surface area contributed by atoms with Crippen LogP contribution in [-0.2, 0) is 0 Å². The summed E-state index contributed by atoms with van der Waals surface area (Å²) in [5.74, 6) is -1.37. The maximum atomic E-state index is 13.1. The molecular formula is C12H12FN3O3. The van der Waals surface area contributed by atoms with Gasteiger partial charge in [-0.25, -0.2) is 4.39 Å². The molecule has 1 aromatic carbocycles. The molecule has 0 aliphatic rings. The van der Waals surface area contributed by atoms with Crippen LogP contribution in [0.5, 0.6) is 0 Å². The first kappa shape index (κ1) is 14.6. The number of carbonyl (C=O) groups is 1. The van der Waals surface area contributed by atoms with Gasteiger partial charge >= 0.3 is 0 Å². The van der Waals surface area contributed by atoms with Crippen LogP contribution in [0.3, 0.4) is 0 Å². The summed E-state index contributed by atoms with van der Waals surface area (Å²) in [6, 6.07) is 4.62. The van der Waals surface area contributed by atoms with E-state index in [0.29, 0.717) is 0 Å². The topological polar surface area (TPSA) is 87.2 Å². The number of rotatable bonds is 5.